The number of amides is 4. The van der Waals surface area contributed by atoms with E-state index in [-0.39, 0.29) is 18.4 Å². The van der Waals surface area contributed by atoms with Crippen molar-refractivity contribution in [3.05, 3.63) is 24.3 Å². The van der Waals surface area contributed by atoms with Crippen LogP contribution in [0.5, 0.6) is 11.5 Å². The van der Waals surface area contributed by atoms with E-state index >= 15 is 0 Å². The summed E-state index contributed by atoms with van der Waals surface area (Å²) in [6.45, 7) is 3.79. The molecule has 4 rings (SSSR count). The predicted octanol–water partition coefficient (Wildman–Crippen LogP) is 1.08. The number of carbonyl (C=O) groups is 3. The number of urea groups is 1. The first-order valence-electron chi connectivity index (χ1n) is 10.9. The molecule has 4 amide bonds. The fourth-order valence-electron chi connectivity index (χ4n) is 4.56. The third-order valence-electron chi connectivity index (χ3n) is 6.46. The fraction of sp³-hybridized carbons (Fsp3) is 0.591. The number of hydrogen-bond acceptors (Lipinski definition) is 6. The van der Waals surface area contributed by atoms with E-state index in [1.807, 2.05) is 24.3 Å². The van der Waals surface area contributed by atoms with Crippen LogP contribution >= 0.6 is 0 Å². The second-order valence-corrected chi connectivity index (χ2v) is 8.36. The topological polar surface area (TPSA) is 91.4 Å². The molecule has 2 saturated heterocycles. The Labute approximate surface area is 182 Å². The van der Waals surface area contributed by atoms with Crippen LogP contribution in [0.4, 0.5) is 4.79 Å². The fourth-order valence-corrected chi connectivity index (χ4v) is 4.56. The van der Waals surface area contributed by atoms with E-state index in [1.165, 1.54) is 0 Å². The standard InChI is InChI=1S/C22H30N4O5/c1-30-17-4-6-18(7-5-17)31-15-14-24-10-12-25(13-11-24)19(27)16-26-20(28)22(23-21(26)29)8-2-3-9-22/h4-7H,2-3,8-16H2,1H3,(H,23,29). The van der Waals surface area contributed by atoms with E-state index in [4.69, 9.17) is 9.47 Å². The van der Waals surface area contributed by atoms with Crippen LogP contribution in [0.2, 0.25) is 0 Å². The van der Waals surface area contributed by atoms with E-state index < -0.39 is 11.6 Å². The lowest BCUT2D eigenvalue weighted by Crippen LogP contribution is -2.52. The Morgan fingerprint density at radius 2 is 1.68 bits per heavy atom. The van der Waals surface area contributed by atoms with Crippen LogP contribution < -0.4 is 14.8 Å². The molecule has 0 aromatic heterocycles. The van der Waals surface area contributed by atoms with Gasteiger partial charge >= 0.3 is 6.03 Å². The number of imide groups is 1. The van der Waals surface area contributed by atoms with Gasteiger partial charge in [0.15, 0.2) is 0 Å². The Balaban J connectivity index is 1.19. The number of carbonyl (C=O) groups excluding carboxylic acids is 3. The summed E-state index contributed by atoms with van der Waals surface area (Å²) >= 11 is 0. The average Bonchev–Trinajstić information content (AvgIpc) is 3.35. The Hall–Kier alpha value is -2.81. The van der Waals surface area contributed by atoms with Crippen molar-refractivity contribution in [3.63, 3.8) is 0 Å². The largest absolute Gasteiger partial charge is 0.497 e. The van der Waals surface area contributed by atoms with Gasteiger partial charge in [-0.25, -0.2) is 4.79 Å². The van der Waals surface area contributed by atoms with Crippen LogP contribution in [-0.4, -0.2) is 91.1 Å². The lowest BCUT2D eigenvalue weighted by molar-refractivity contribution is -0.139. The maximum absolute atomic E-state index is 12.7. The number of ether oxygens (including phenoxy) is 2. The summed E-state index contributed by atoms with van der Waals surface area (Å²) in [6.07, 6.45) is 3.19. The van der Waals surface area contributed by atoms with Gasteiger partial charge in [0.25, 0.3) is 5.91 Å². The molecule has 2 aliphatic heterocycles. The monoisotopic (exact) mass is 430 g/mol. The summed E-state index contributed by atoms with van der Waals surface area (Å²) in [6, 6.07) is 7.04. The quantitative estimate of drug-likeness (QED) is 0.651. The Kier molecular flexibility index (Phi) is 6.31. The maximum Gasteiger partial charge on any atom is 0.325 e. The molecule has 168 valence electrons. The SMILES string of the molecule is COc1ccc(OCCN2CCN(C(=O)CN3C(=O)NC4(CCCC4)C3=O)CC2)cc1. The van der Waals surface area contributed by atoms with Gasteiger partial charge in [-0.2, -0.15) is 0 Å². The van der Waals surface area contributed by atoms with Crippen LogP contribution in [-0.2, 0) is 9.59 Å². The van der Waals surface area contributed by atoms with Gasteiger partial charge in [0, 0.05) is 32.7 Å². The highest BCUT2D eigenvalue weighted by Gasteiger charge is 2.52. The zero-order valence-corrected chi connectivity index (χ0v) is 18.0. The molecule has 0 bridgehead atoms. The number of piperazine rings is 1. The number of hydrogen-bond donors (Lipinski definition) is 1. The van der Waals surface area contributed by atoms with Crippen molar-refractivity contribution in [2.24, 2.45) is 0 Å². The molecule has 1 aromatic carbocycles. The van der Waals surface area contributed by atoms with Gasteiger partial charge in [-0.1, -0.05) is 12.8 Å². The zero-order chi connectivity index (χ0) is 21.8. The number of nitrogens with one attached hydrogen (secondary N) is 1. The normalized spacial score (nSPS) is 20.9. The molecule has 9 heteroatoms. The van der Waals surface area contributed by atoms with Crippen LogP contribution in [0.3, 0.4) is 0 Å². The second-order valence-electron chi connectivity index (χ2n) is 8.36. The first kappa shape index (κ1) is 21.4. The number of nitrogens with zero attached hydrogens (tertiary/aromatic N) is 3. The number of rotatable bonds is 7. The zero-order valence-electron chi connectivity index (χ0n) is 18.0. The molecule has 1 N–H and O–H groups in total. The smallest absolute Gasteiger partial charge is 0.325 e. The van der Waals surface area contributed by atoms with Gasteiger partial charge in [0.1, 0.15) is 30.2 Å². The molecule has 3 fully saturated rings. The Morgan fingerprint density at radius 1 is 1.03 bits per heavy atom. The lowest BCUT2D eigenvalue weighted by Gasteiger charge is -2.35. The van der Waals surface area contributed by atoms with Gasteiger partial charge in [0.05, 0.1) is 7.11 Å². The minimum Gasteiger partial charge on any atom is -0.497 e. The van der Waals surface area contributed by atoms with Crippen molar-refractivity contribution in [3.8, 4) is 11.5 Å². The second kappa shape index (κ2) is 9.13. The molecule has 2 heterocycles. The average molecular weight is 431 g/mol. The van der Waals surface area contributed by atoms with Crippen molar-refractivity contribution in [2.75, 3.05) is 53.0 Å². The van der Waals surface area contributed by atoms with Gasteiger partial charge < -0.3 is 19.7 Å². The Bertz CT molecular complexity index is 814. The lowest BCUT2D eigenvalue weighted by atomic mass is 9.98. The van der Waals surface area contributed by atoms with Crippen molar-refractivity contribution < 1.29 is 23.9 Å². The van der Waals surface area contributed by atoms with Crippen molar-refractivity contribution in [1.82, 2.24) is 20.0 Å². The molecule has 9 nitrogen and oxygen atoms in total. The summed E-state index contributed by atoms with van der Waals surface area (Å²) in [7, 11) is 1.63. The van der Waals surface area contributed by atoms with Crippen molar-refractivity contribution in [1.29, 1.82) is 0 Å². The van der Waals surface area contributed by atoms with Crippen LogP contribution in [0, 0.1) is 0 Å². The highest BCUT2D eigenvalue weighted by atomic mass is 16.5. The molecular weight excluding hydrogens is 400 g/mol. The van der Waals surface area contributed by atoms with E-state index in [9.17, 15) is 14.4 Å². The summed E-state index contributed by atoms with van der Waals surface area (Å²) in [4.78, 5) is 42.8. The first-order chi connectivity index (χ1) is 15.0. The van der Waals surface area contributed by atoms with E-state index in [0.29, 0.717) is 32.5 Å². The summed E-state index contributed by atoms with van der Waals surface area (Å²) in [5, 5.41) is 2.83. The number of benzene rings is 1. The highest BCUT2D eigenvalue weighted by Crippen LogP contribution is 2.35. The van der Waals surface area contributed by atoms with Gasteiger partial charge in [0.2, 0.25) is 5.91 Å². The summed E-state index contributed by atoms with van der Waals surface area (Å²) < 4.78 is 10.9. The van der Waals surface area contributed by atoms with Crippen LogP contribution in [0.25, 0.3) is 0 Å². The molecule has 1 aliphatic carbocycles. The molecule has 0 unspecified atom stereocenters. The van der Waals surface area contributed by atoms with Crippen LogP contribution in [0.15, 0.2) is 24.3 Å². The molecular formula is C22H30N4O5. The minimum absolute atomic E-state index is 0.173. The summed E-state index contributed by atoms with van der Waals surface area (Å²) in [5.74, 6) is 1.17. The molecule has 3 aliphatic rings. The molecule has 1 aromatic rings. The third kappa shape index (κ3) is 4.61. The van der Waals surface area contributed by atoms with Gasteiger partial charge in [-0.05, 0) is 37.1 Å². The van der Waals surface area contributed by atoms with Crippen LogP contribution in [0.1, 0.15) is 25.7 Å². The Morgan fingerprint density at radius 3 is 2.32 bits per heavy atom. The van der Waals surface area contributed by atoms with E-state index in [0.717, 1.165) is 48.9 Å². The minimum atomic E-state index is -0.764. The van der Waals surface area contributed by atoms with E-state index in [1.54, 1.807) is 12.0 Å². The van der Waals surface area contributed by atoms with Crippen molar-refractivity contribution in [2.45, 2.75) is 31.2 Å². The highest BCUT2D eigenvalue weighted by molar-refractivity contribution is 6.09. The van der Waals surface area contributed by atoms with Crippen molar-refractivity contribution >= 4 is 17.8 Å². The molecule has 0 radical (unpaired) electrons. The summed E-state index contributed by atoms with van der Waals surface area (Å²) in [5.41, 5.74) is -0.764. The van der Waals surface area contributed by atoms with Gasteiger partial charge in [-0.3, -0.25) is 19.4 Å². The molecule has 1 saturated carbocycles. The van der Waals surface area contributed by atoms with E-state index in [2.05, 4.69) is 10.2 Å². The predicted molar refractivity (Wildman–Crippen MR) is 113 cm³/mol. The molecule has 0 atom stereocenters. The molecule has 1 spiro atoms. The first-order valence-corrected chi connectivity index (χ1v) is 10.9. The number of methoxy groups -OCH3 is 1. The molecule has 31 heavy (non-hydrogen) atoms. The van der Waals surface area contributed by atoms with Gasteiger partial charge in [-0.15, -0.1) is 0 Å². The third-order valence-corrected chi connectivity index (χ3v) is 6.46. The maximum atomic E-state index is 12.7.